The van der Waals surface area contributed by atoms with Crippen molar-refractivity contribution in [1.29, 1.82) is 0 Å². The lowest BCUT2D eigenvalue weighted by Gasteiger charge is -2.28. The Hall–Kier alpha value is -3.37. The zero-order chi connectivity index (χ0) is 30.6. The summed E-state index contributed by atoms with van der Waals surface area (Å²) in [6, 6.07) is 16.5. The van der Waals surface area contributed by atoms with E-state index in [-0.39, 0.29) is 30.8 Å². The number of hydrogen-bond acceptors (Lipinski definition) is 4. The van der Waals surface area contributed by atoms with Gasteiger partial charge in [-0.15, -0.1) is 0 Å². The number of halogens is 4. The highest BCUT2D eigenvalue weighted by Gasteiger charge is 2.38. The number of fused-ring (bicyclic) bond motifs is 1. The van der Waals surface area contributed by atoms with Gasteiger partial charge in [0.05, 0.1) is 5.69 Å². The second-order valence-electron chi connectivity index (χ2n) is 11.4. The highest BCUT2D eigenvalue weighted by molar-refractivity contribution is 6.31. The van der Waals surface area contributed by atoms with Crippen LogP contribution in [0.5, 0.6) is 0 Å². The minimum absolute atomic E-state index is 0.0111. The third-order valence-corrected chi connectivity index (χ3v) is 8.23. The van der Waals surface area contributed by atoms with Crippen molar-refractivity contribution in [3.63, 3.8) is 0 Å². The minimum atomic E-state index is -4.59. The fourth-order valence-electron chi connectivity index (χ4n) is 5.61. The SMILES string of the molecule is CCCC(=O)N1CCCN(Cc2ccccc2)CCN(C(=O)Cn2nc(C(F)(F)F)cc2C2CC2)Cc2ccc(Cl)cc21. The Morgan fingerprint density at radius 1 is 0.977 bits per heavy atom. The molecule has 1 saturated carbocycles. The molecule has 2 amide bonds. The number of benzene rings is 2. The standard InChI is InChI=1S/C32H37ClF3N5O2/c1-2-7-30(42)40-15-6-14-38(20-23-8-4-3-5-9-23)16-17-39(21-25-12-13-26(33)18-27(25)40)31(43)22-41-28(24-10-11-24)19-29(37-41)32(34,35)36/h3-5,8-9,12-13,18-19,24H,2,6-7,10-11,14-17,20-22H2,1H3. The van der Waals surface area contributed by atoms with Crippen molar-refractivity contribution in [1.82, 2.24) is 19.6 Å². The van der Waals surface area contributed by atoms with Crippen LogP contribution in [-0.4, -0.2) is 57.6 Å². The Bertz CT molecular complexity index is 1420. The van der Waals surface area contributed by atoms with Crippen molar-refractivity contribution in [3.05, 3.63) is 82.1 Å². The van der Waals surface area contributed by atoms with E-state index in [9.17, 15) is 22.8 Å². The number of amides is 2. The van der Waals surface area contributed by atoms with Gasteiger partial charge in [-0.1, -0.05) is 54.9 Å². The molecule has 2 aromatic carbocycles. The highest BCUT2D eigenvalue weighted by atomic mass is 35.5. The van der Waals surface area contributed by atoms with Crippen LogP contribution in [0.15, 0.2) is 54.6 Å². The number of alkyl halides is 3. The van der Waals surface area contributed by atoms with Crippen LogP contribution in [0.3, 0.4) is 0 Å². The topological polar surface area (TPSA) is 61.7 Å². The predicted octanol–water partition coefficient (Wildman–Crippen LogP) is 6.50. The zero-order valence-electron chi connectivity index (χ0n) is 24.3. The van der Waals surface area contributed by atoms with E-state index in [0.29, 0.717) is 62.0 Å². The Morgan fingerprint density at radius 2 is 1.74 bits per heavy atom. The highest BCUT2D eigenvalue weighted by Crippen LogP contribution is 2.42. The van der Waals surface area contributed by atoms with E-state index in [4.69, 9.17) is 11.6 Å². The molecule has 1 aromatic heterocycles. The molecule has 1 aliphatic carbocycles. The Balaban J connectivity index is 1.47. The van der Waals surface area contributed by atoms with Gasteiger partial charge in [0.15, 0.2) is 5.69 Å². The van der Waals surface area contributed by atoms with Crippen molar-refractivity contribution < 1.29 is 22.8 Å². The van der Waals surface area contributed by atoms with Crippen molar-refractivity contribution in [2.75, 3.05) is 31.1 Å². The quantitative estimate of drug-likeness (QED) is 0.304. The van der Waals surface area contributed by atoms with E-state index in [1.165, 1.54) is 4.68 Å². The van der Waals surface area contributed by atoms with Crippen LogP contribution < -0.4 is 4.90 Å². The molecule has 1 aliphatic heterocycles. The molecule has 5 rings (SSSR count). The summed E-state index contributed by atoms with van der Waals surface area (Å²) in [6.07, 6.45) is -1.22. The number of anilines is 1. The molecule has 0 radical (unpaired) electrons. The molecule has 11 heteroatoms. The average Bonchev–Trinajstić information content (AvgIpc) is 3.72. The number of aromatic nitrogens is 2. The first-order valence-electron chi connectivity index (χ1n) is 14.9. The van der Waals surface area contributed by atoms with Gasteiger partial charge in [-0.3, -0.25) is 19.2 Å². The molecule has 0 spiro atoms. The van der Waals surface area contributed by atoms with Crippen LogP contribution in [-0.2, 0) is 35.4 Å². The van der Waals surface area contributed by atoms with E-state index in [2.05, 4.69) is 22.1 Å². The molecule has 2 heterocycles. The maximum atomic E-state index is 13.9. The molecule has 0 N–H and O–H groups in total. The lowest BCUT2D eigenvalue weighted by Crippen LogP contribution is -2.40. The van der Waals surface area contributed by atoms with Gasteiger partial charge < -0.3 is 9.80 Å². The Labute approximate surface area is 255 Å². The van der Waals surface area contributed by atoms with Gasteiger partial charge in [-0.2, -0.15) is 18.3 Å². The number of rotatable bonds is 7. The van der Waals surface area contributed by atoms with Crippen LogP contribution in [0.4, 0.5) is 18.9 Å². The summed E-state index contributed by atoms with van der Waals surface area (Å²) < 4.78 is 41.8. The van der Waals surface area contributed by atoms with E-state index in [0.717, 1.165) is 36.5 Å². The lowest BCUT2D eigenvalue weighted by atomic mass is 10.1. The first kappa shape index (κ1) is 31.1. The van der Waals surface area contributed by atoms with Crippen LogP contribution in [0.2, 0.25) is 5.02 Å². The summed E-state index contributed by atoms with van der Waals surface area (Å²) in [5.41, 5.74) is 2.04. The smallest absolute Gasteiger partial charge is 0.335 e. The second kappa shape index (κ2) is 13.5. The van der Waals surface area contributed by atoms with Gasteiger partial charge >= 0.3 is 6.18 Å². The minimum Gasteiger partial charge on any atom is -0.335 e. The summed E-state index contributed by atoms with van der Waals surface area (Å²) in [7, 11) is 0. The zero-order valence-corrected chi connectivity index (χ0v) is 25.1. The molecule has 7 nitrogen and oxygen atoms in total. The van der Waals surface area contributed by atoms with E-state index < -0.39 is 11.9 Å². The van der Waals surface area contributed by atoms with Gasteiger partial charge in [-0.25, -0.2) is 0 Å². The van der Waals surface area contributed by atoms with Crippen LogP contribution in [0.1, 0.15) is 67.5 Å². The first-order valence-corrected chi connectivity index (χ1v) is 15.3. The molecular formula is C32H37ClF3N5O2. The maximum absolute atomic E-state index is 13.9. The van der Waals surface area contributed by atoms with E-state index in [1.54, 1.807) is 21.9 Å². The summed E-state index contributed by atoms with van der Waals surface area (Å²) in [5, 5.41) is 4.30. The van der Waals surface area contributed by atoms with Crippen LogP contribution in [0, 0.1) is 0 Å². The maximum Gasteiger partial charge on any atom is 0.435 e. The Morgan fingerprint density at radius 3 is 2.44 bits per heavy atom. The molecule has 2 aliphatic rings. The molecule has 1 fully saturated rings. The Kier molecular flexibility index (Phi) is 9.76. The molecule has 0 atom stereocenters. The van der Waals surface area contributed by atoms with E-state index in [1.807, 2.05) is 31.2 Å². The summed E-state index contributed by atoms with van der Waals surface area (Å²) >= 11 is 6.40. The van der Waals surface area contributed by atoms with Crippen LogP contribution in [0.25, 0.3) is 0 Å². The number of nitrogens with zero attached hydrogens (tertiary/aromatic N) is 5. The van der Waals surface area contributed by atoms with Gasteiger partial charge in [0.25, 0.3) is 0 Å². The van der Waals surface area contributed by atoms with Gasteiger partial charge in [-0.05, 0) is 55.0 Å². The third kappa shape index (κ3) is 7.97. The molecule has 43 heavy (non-hydrogen) atoms. The third-order valence-electron chi connectivity index (χ3n) is 7.99. The molecule has 0 saturated heterocycles. The second-order valence-corrected chi connectivity index (χ2v) is 11.8. The summed E-state index contributed by atoms with van der Waals surface area (Å²) in [5.74, 6) is -0.352. The average molecular weight is 616 g/mol. The summed E-state index contributed by atoms with van der Waals surface area (Å²) in [4.78, 5) is 32.9. The molecule has 3 aromatic rings. The van der Waals surface area contributed by atoms with Crippen molar-refractivity contribution in [2.24, 2.45) is 0 Å². The normalized spacial score (nSPS) is 17.0. The molecular weight excluding hydrogens is 579 g/mol. The first-order chi connectivity index (χ1) is 20.6. The lowest BCUT2D eigenvalue weighted by molar-refractivity contribution is -0.142. The molecule has 0 bridgehead atoms. The number of hydrogen-bond donors (Lipinski definition) is 0. The number of carbonyl (C=O) groups excluding carboxylic acids is 2. The number of carbonyl (C=O) groups is 2. The van der Waals surface area contributed by atoms with Gasteiger partial charge in [0.1, 0.15) is 6.54 Å². The molecule has 230 valence electrons. The predicted molar refractivity (Wildman–Crippen MR) is 160 cm³/mol. The fourth-order valence-corrected chi connectivity index (χ4v) is 5.77. The summed E-state index contributed by atoms with van der Waals surface area (Å²) in [6.45, 7) is 4.66. The van der Waals surface area contributed by atoms with Crippen molar-refractivity contribution >= 4 is 29.1 Å². The van der Waals surface area contributed by atoms with E-state index >= 15 is 0 Å². The van der Waals surface area contributed by atoms with Crippen LogP contribution >= 0.6 is 11.6 Å². The largest absolute Gasteiger partial charge is 0.435 e. The fraction of sp³-hybridized carbons (Fsp3) is 0.469. The van der Waals surface area contributed by atoms with Crippen molar-refractivity contribution in [2.45, 2.75) is 70.8 Å². The van der Waals surface area contributed by atoms with Gasteiger partial charge in [0.2, 0.25) is 11.8 Å². The molecule has 0 unspecified atom stereocenters. The monoisotopic (exact) mass is 615 g/mol. The van der Waals surface area contributed by atoms with Gasteiger partial charge in [0, 0.05) is 62.3 Å². The van der Waals surface area contributed by atoms with Crippen molar-refractivity contribution in [3.8, 4) is 0 Å².